The number of likely N-dealkylation sites (N-methyl/N-ethyl adjacent to an activating group) is 1. The molecule has 0 spiro atoms. The van der Waals surface area contributed by atoms with Crippen LogP contribution in [0.1, 0.15) is 13.8 Å². The number of nitrogens with two attached hydrogens (primary N) is 1. The number of rotatable bonds is 4. The highest BCUT2D eigenvalue weighted by Gasteiger charge is 2.16. The molecule has 5 heteroatoms. The molecule has 1 aromatic rings. The van der Waals surface area contributed by atoms with Crippen LogP contribution in [0.3, 0.4) is 0 Å². The van der Waals surface area contributed by atoms with Crippen molar-refractivity contribution in [3.8, 4) is 0 Å². The fraction of sp³-hybridized carbons (Fsp3) is 0.417. The molecule has 4 nitrogen and oxygen atoms in total. The zero-order chi connectivity index (χ0) is 13.0. The van der Waals surface area contributed by atoms with Crippen molar-refractivity contribution in [1.82, 2.24) is 4.90 Å². The number of hydrogen-bond acceptors (Lipinski definition) is 3. The van der Waals surface area contributed by atoms with Crippen LogP contribution in [0.4, 0.5) is 11.4 Å². The van der Waals surface area contributed by atoms with E-state index in [1.807, 2.05) is 13.8 Å². The molecule has 0 fully saturated rings. The highest BCUT2D eigenvalue weighted by molar-refractivity contribution is 6.31. The predicted octanol–water partition coefficient (Wildman–Crippen LogP) is 2.20. The molecule has 0 aliphatic heterocycles. The third-order valence-electron chi connectivity index (χ3n) is 2.61. The lowest BCUT2D eigenvalue weighted by atomic mass is 10.2. The molecule has 0 aromatic heterocycles. The van der Waals surface area contributed by atoms with Crippen LogP contribution in [0.25, 0.3) is 0 Å². The lowest BCUT2D eigenvalue weighted by molar-refractivity contribution is -0.130. The summed E-state index contributed by atoms with van der Waals surface area (Å²) in [6.45, 7) is 4.42. The molecule has 3 N–H and O–H groups in total. The van der Waals surface area contributed by atoms with Gasteiger partial charge in [-0.05, 0) is 32.0 Å². The van der Waals surface area contributed by atoms with Crippen molar-refractivity contribution >= 4 is 28.9 Å². The van der Waals surface area contributed by atoms with Crippen molar-refractivity contribution in [2.24, 2.45) is 0 Å². The fourth-order valence-corrected chi connectivity index (χ4v) is 1.63. The number of nitrogen functional groups attached to an aromatic ring is 1. The number of carbonyl (C=O) groups excluding carboxylic acids is 1. The molecule has 1 unspecified atom stereocenters. The zero-order valence-corrected chi connectivity index (χ0v) is 11.1. The quantitative estimate of drug-likeness (QED) is 0.811. The summed E-state index contributed by atoms with van der Waals surface area (Å²) in [5.41, 5.74) is 7.07. The Kier molecular flexibility index (Phi) is 4.63. The van der Waals surface area contributed by atoms with E-state index < -0.39 is 0 Å². The molecular formula is C12H18ClN3O. The molecule has 1 amide bonds. The second-order valence-electron chi connectivity index (χ2n) is 3.95. The smallest absolute Gasteiger partial charge is 0.244 e. The van der Waals surface area contributed by atoms with Crippen LogP contribution < -0.4 is 11.1 Å². The van der Waals surface area contributed by atoms with E-state index in [0.717, 1.165) is 5.69 Å². The number of hydrogen-bond donors (Lipinski definition) is 2. The van der Waals surface area contributed by atoms with Crippen molar-refractivity contribution in [2.75, 3.05) is 24.6 Å². The van der Waals surface area contributed by atoms with Gasteiger partial charge in [-0.25, -0.2) is 0 Å². The second-order valence-corrected chi connectivity index (χ2v) is 4.39. The molecule has 0 saturated carbocycles. The molecule has 94 valence electrons. The summed E-state index contributed by atoms with van der Waals surface area (Å²) in [5.74, 6) is 0.0295. The number of halogens is 1. The van der Waals surface area contributed by atoms with Gasteiger partial charge in [-0.2, -0.15) is 0 Å². The highest BCUT2D eigenvalue weighted by Crippen LogP contribution is 2.23. The average Bonchev–Trinajstić information content (AvgIpc) is 2.30. The third kappa shape index (κ3) is 3.53. The van der Waals surface area contributed by atoms with Gasteiger partial charge in [0.2, 0.25) is 5.91 Å². The summed E-state index contributed by atoms with van der Waals surface area (Å²) in [4.78, 5) is 13.5. The maximum absolute atomic E-state index is 11.9. The minimum Gasteiger partial charge on any atom is -0.397 e. The Hall–Kier alpha value is -1.42. The Labute approximate surface area is 107 Å². The maximum Gasteiger partial charge on any atom is 0.244 e. The number of carbonyl (C=O) groups is 1. The van der Waals surface area contributed by atoms with Crippen LogP contribution in [0.2, 0.25) is 5.02 Å². The van der Waals surface area contributed by atoms with Gasteiger partial charge in [0.1, 0.15) is 6.04 Å². The Morgan fingerprint density at radius 2 is 2.24 bits per heavy atom. The lowest BCUT2D eigenvalue weighted by Crippen LogP contribution is -2.38. The summed E-state index contributed by atoms with van der Waals surface area (Å²) < 4.78 is 0. The number of nitrogens with zero attached hydrogens (tertiary/aromatic N) is 1. The topological polar surface area (TPSA) is 58.4 Å². The van der Waals surface area contributed by atoms with Crippen LogP contribution in [0, 0.1) is 0 Å². The minimum atomic E-state index is -0.316. The van der Waals surface area contributed by atoms with Gasteiger partial charge in [-0.1, -0.05) is 11.6 Å². The lowest BCUT2D eigenvalue weighted by Gasteiger charge is -2.22. The van der Waals surface area contributed by atoms with Gasteiger partial charge in [0.05, 0.1) is 11.4 Å². The van der Waals surface area contributed by atoms with Gasteiger partial charge >= 0.3 is 0 Å². The first kappa shape index (κ1) is 13.6. The number of amides is 1. The van der Waals surface area contributed by atoms with Crippen LogP contribution in [0.15, 0.2) is 18.2 Å². The Morgan fingerprint density at radius 1 is 1.59 bits per heavy atom. The first-order chi connectivity index (χ1) is 7.95. The molecule has 17 heavy (non-hydrogen) atoms. The average molecular weight is 256 g/mol. The predicted molar refractivity (Wildman–Crippen MR) is 72.3 cm³/mol. The van der Waals surface area contributed by atoms with Crippen molar-refractivity contribution in [3.63, 3.8) is 0 Å². The van der Waals surface area contributed by atoms with Gasteiger partial charge in [-0.3, -0.25) is 4.79 Å². The summed E-state index contributed by atoms with van der Waals surface area (Å²) in [7, 11) is 1.77. The summed E-state index contributed by atoms with van der Waals surface area (Å²) in [6.07, 6.45) is 0. The molecule has 0 saturated heterocycles. The Morgan fingerprint density at radius 3 is 2.76 bits per heavy atom. The van der Waals surface area contributed by atoms with E-state index in [-0.39, 0.29) is 11.9 Å². The van der Waals surface area contributed by atoms with E-state index in [4.69, 9.17) is 17.3 Å². The number of benzene rings is 1. The minimum absolute atomic E-state index is 0.0295. The van der Waals surface area contributed by atoms with E-state index in [9.17, 15) is 4.79 Å². The molecule has 1 rings (SSSR count). The number of anilines is 2. The normalized spacial score (nSPS) is 12.0. The fourth-order valence-electron chi connectivity index (χ4n) is 1.45. The van der Waals surface area contributed by atoms with Crippen LogP contribution in [0.5, 0.6) is 0 Å². The summed E-state index contributed by atoms with van der Waals surface area (Å²) in [6, 6.07) is 4.85. The van der Waals surface area contributed by atoms with Gasteiger partial charge in [0.15, 0.2) is 0 Å². The molecule has 0 bridgehead atoms. The van der Waals surface area contributed by atoms with E-state index in [0.29, 0.717) is 17.3 Å². The Balaban J connectivity index is 2.74. The first-order valence-electron chi connectivity index (χ1n) is 5.52. The highest BCUT2D eigenvalue weighted by atomic mass is 35.5. The maximum atomic E-state index is 11.9. The third-order valence-corrected chi connectivity index (χ3v) is 2.84. The molecule has 0 aliphatic carbocycles. The van der Waals surface area contributed by atoms with Crippen molar-refractivity contribution in [2.45, 2.75) is 19.9 Å². The van der Waals surface area contributed by atoms with Gasteiger partial charge in [0, 0.05) is 18.6 Å². The molecule has 0 radical (unpaired) electrons. The standard InChI is InChI=1S/C12H18ClN3O/c1-4-16(3)12(17)8(2)15-11-6-5-9(13)7-10(11)14/h5-8,15H,4,14H2,1-3H3. The van der Waals surface area contributed by atoms with Crippen molar-refractivity contribution in [1.29, 1.82) is 0 Å². The van der Waals surface area contributed by atoms with Gasteiger partial charge in [0.25, 0.3) is 0 Å². The van der Waals surface area contributed by atoms with Gasteiger partial charge < -0.3 is 16.0 Å². The van der Waals surface area contributed by atoms with E-state index >= 15 is 0 Å². The SMILES string of the molecule is CCN(C)C(=O)C(C)Nc1ccc(Cl)cc1N. The van der Waals surface area contributed by atoms with Crippen LogP contribution >= 0.6 is 11.6 Å². The van der Waals surface area contributed by atoms with Crippen molar-refractivity contribution in [3.05, 3.63) is 23.2 Å². The summed E-state index contributed by atoms with van der Waals surface area (Å²) >= 11 is 5.81. The van der Waals surface area contributed by atoms with Gasteiger partial charge in [-0.15, -0.1) is 0 Å². The summed E-state index contributed by atoms with van der Waals surface area (Å²) in [5, 5.41) is 3.66. The van der Waals surface area contributed by atoms with E-state index in [2.05, 4.69) is 5.32 Å². The largest absolute Gasteiger partial charge is 0.397 e. The molecule has 0 heterocycles. The molecular weight excluding hydrogens is 238 g/mol. The van der Waals surface area contributed by atoms with E-state index in [1.165, 1.54) is 0 Å². The zero-order valence-electron chi connectivity index (χ0n) is 10.3. The number of nitrogens with one attached hydrogen (secondary N) is 1. The second kappa shape index (κ2) is 5.77. The molecule has 1 atom stereocenters. The molecule has 0 aliphatic rings. The Bertz CT molecular complexity index is 409. The van der Waals surface area contributed by atoms with Crippen molar-refractivity contribution < 1.29 is 4.79 Å². The monoisotopic (exact) mass is 255 g/mol. The van der Waals surface area contributed by atoms with Crippen LogP contribution in [-0.2, 0) is 4.79 Å². The molecule has 1 aromatic carbocycles. The van der Waals surface area contributed by atoms with Crippen LogP contribution in [-0.4, -0.2) is 30.4 Å². The first-order valence-corrected chi connectivity index (χ1v) is 5.90. The van der Waals surface area contributed by atoms with E-state index in [1.54, 1.807) is 30.1 Å².